The van der Waals surface area contributed by atoms with Crippen molar-refractivity contribution in [1.82, 2.24) is 10.6 Å². The molecule has 7 nitrogen and oxygen atoms in total. The molecule has 2 aromatic rings. The van der Waals surface area contributed by atoms with E-state index >= 15 is 0 Å². The SMILES string of the molecule is N=C(N)c1ccc(CNC(=O)[C@@H](NC(=O)C(Cc2ccc(CN)cc2)C2CCCCC2)C2CCCCC2)cc1. The zero-order chi connectivity index (χ0) is 27.6. The summed E-state index contributed by atoms with van der Waals surface area (Å²) in [7, 11) is 0. The molecule has 0 saturated heterocycles. The number of nitrogens with one attached hydrogen (secondary N) is 3. The second-order valence-corrected chi connectivity index (χ2v) is 11.4. The Balaban J connectivity index is 1.48. The van der Waals surface area contributed by atoms with Crippen molar-refractivity contribution in [2.75, 3.05) is 0 Å². The van der Waals surface area contributed by atoms with Crippen LogP contribution in [0.15, 0.2) is 48.5 Å². The third-order valence-electron chi connectivity index (χ3n) is 8.70. The quantitative estimate of drug-likeness (QED) is 0.215. The van der Waals surface area contributed by atoms with Crippen LogP contribution in [-0.2, 0) is 29.1 Å². The van der Waals surface area contributed by atoms with Crippen LogP contribution in [0.2, 0.25) is 0 Å². The number of hydrogen-bond donors (Lipinski definition) is 5. The largest absolute Gasteiger partial charge is 0.384 e. The summed E-state index contributed by atoms with van der Waals surface area (Å²) < 4.78 is 0. The van der Waals surface area contributed by atoms with Gasteiger partial charge < -0.3 is 22.1 Å². The van der Waals surface area contributed by atoms with E-state index < -0.39 is 6.04 Å². The van der Waals surface area contributed by atoms with Crippen LogP contribution in [0.25, 0.3) is 0 Å². The molecular formula is C32H45N5O2. The molecule has 0 bridgehead atoms. The van der Waals surface area contributed by atoms with E-state index in [4.69, 9.17) is 16.9 Å². The Labute approximate surface area is 233 Å². The first-order valence-corrected chi connectivity index (χ1v) is 14.7. The number of carbonyl (C=O) groups is 2. The summed E-state index contributed by atoms with van der Waals surface area (Å²) in [5, 5.41) is 13.9. The van der Waals surface area contributed by atoms with Crippen LogP contribution < -0.4 is 22.1 Å². The predicted octanol–water partition coefficient (Wildman–Crippen LogP) is 4.55. The fraction of sp³-hybridized carbons (Fsp3) is 0.531. The van der Waals surface area contributed by atoms with E-state index in [1.807, 2.05) is 24.3 Å². The zero-order valence-electron chi connectivity index (χ0n) is 23.1. The summed E-state index contributed by atoms with van der Waals surface area (Å²) in [4.78, 5) is 27.5. The molecule has 2 atom stereocenters. The second-order valence-electron chi connectivity index (χ2n) is 11.4. The fourth-order valence-corrected chi connectivity index (χ4v) is 6.30. The molecule has 0 radical (unpaired) electrons. The van der Waals surface area contributed by atoms with Gasteiger partial charge in [-0.1, -0.05) is 87.1 Å². The molecule has 0 spiro atoms. The molecule has 2 aliphatic rings. The Morgan fingerprint density at radius 2 is 1.31 bits per heavy atom. The predicted molar refractivity (Wildman–Crippen MR) is 156 cm³/mol. The van der Waals surface area contributed by atoms with E-state index in [1.54, 1.807) is 12.1 Å². The summed E-state index contributed by atoms with van der Waals surface area (Å²) in [6.45, 7) is 0.877. The number of hydrogen-bond acceptors (Lipinski definition) is 4. The van der Waals surface area contributed by atoms with E-state index in [-0.39, 0.29) is 29.5 Å². The van der Waals surface area contributed by atoms with Crippen LogP contribution in [0.5, 0.6) is 0 Å². The maximum atomic E-state index is 14.0. The monoisotopic (exact) mass is 531 g/mol. The van der Waals surface area contributed by atoms with Gasteiger partial charge in [0.2, 0.25) is 11.8 Å². The molecule has 2 saturated carbocycles. The summed E-state index contributed by atoms with van der Waals surface area (Å²) in [5.41, 5.74) is 15.2. The van der Waals surface area contributed by atoms with Crippen molar-refractivity contribution in [3.05, 3.63) is 70.8 Å². The normalized spacial score (nSPS) is 18.2. The zero-order valence-corrected chi connectivity index (χ0v) is 23.1. The van der Waals surface area contributed by atoms with Crippen molar-refractivity contribution in [3.63, 3.8) is 0 Å². The standard InChI is InChI=1S/C32H45N5O2/c33-20-23-13-11-22(12-14-23)19-28(25-7-3-1-4-8-25)31(38)37-29(26-9-5-2-6-10-26)32(39)36-21-24-15-17-27(18-16-24)30(34)35/h11-18,25-26,28-29H,1-10,19-21,33H2,(H3,34,35)(H,36,39)(H,37,38)/t28?,29-/m0/s1. The highest BCUT2D eigenvalue weighted by atomic mass is 16.2. The van der Waals surface area contributed by atoms with E-state index in [1.165, 1.54) is 12.8 Å². The van der Waals surface area contributed by atoms with Crippen LogP contribution in [0, 0.1) is 23.2 Å². The van der Waals surface area contributed by atoms with Crippen LogP contribution in [0.1, 0.15) is 86.5 Å². The Kier molecular flexibility index (Phi) is 10.5. The number of nitrogen functional groups attached to an aromatic ring is 1. The molecule has 7 heteroatoms. The first-order chi connectivity index (χ1) is 18.9. The van der Waals surface area contributed by atoms with Gasteiger partial charge in [0, 0.05) is 24.6 Å². The molecule has 2 fully saturated rings. The van der Waals surface area contributed by atoms with Gasteiger partial charge in [-0.2, -0.15) is 0 Å². The lowest BCUT2D eigenvalue weighted by atomic mass is 9.76. The molecule has 0 heterocycles. The van der Waals surface area contributed by atoms with E-state index in [0.29, 0.717) is 31.0 Å². The highest BCUT2D eigenvalue weighted by Gasteiger charge is 2.35. The van der Waals surface area contributed by atoms with Crippen LogP contribution in [-0.4, -0.2) is 23.7 Å². The molecule has 2 amide bonds. The minimum atomic E-state index is -0.528. The van der Waals surface area contributed by atoms with Crippen molar-refractivity contribution in [2.24, 2.45) is 29.2 Å². The van der Waals surface area contributed by atoms with Gasteiger partial charge in [-0.25, -0.2) is 0 Å². The van der Waals surface area contributed by atoms with Gasteiger partial charge in [0.15, 0.2) is 0 Å². The fourth-order valence-electron chi connectivity index (χ4n) is 6.30. The highest BCUT2D eigenvalue weighted by molar-refractivity contribution is 5.95. The summed E-state index contributed by atoms with van der Waals surface area (Å²) in [6, 6.07) is 15.1. The van der Waals surface area contributed by atoms with Crippen molar-refractivity contribution < 1.29 is 9.59 Å². The Morgan fingerprint density at radius 3 is 1.87 bits per heavy atom. The lowest BCUT2D eigenvalue weighted by Crippen LogP contribution is -2.53. The van der Waals surface area contributed by atoms with Crippen molar-refractivity contribution in [3.8, 4) is 0 Å². The second kappa shape index (κ2) is 14.3. The van der Waals surface area contributed by atoms with Gasteiger partial charge in [0.1, 0.15) is 11.9 Å². The van der Waals surface area contributed by atoms with Crippen LogP contribution >= 0.6 is 0 Å². The molecule has 39 heavy (non-hydrogen) atoms. The van der Waals surface area contributed by atoms with Gasteiger partial charge in [-0.15, -0.1) is 0 Å². The molecular weight excluding hydrogens is 486 g/mol. The summed E-state index contributed by atoms with van der Waals surface area (Å²) in [6.07, 6.45) is 11.7. The van der Waals surface area contributed by atoms with Crippen molar-refractivity contribution in [1.29, 1.82) is 5.41 Å². The lowest BCUT2D eigenvalue weighted by Gasteiger charge is -2.34. The smallest absolute Gasteiger partial charge is 0.243 e. The third-order valence-corrected chi connectivity index (χ3v) is 8.70. The molecule has 2 aliphatic carbocycles. The lowest BCUT2D eigenvalue weighted by molar-refractivity contribution is -0.134. The Bertz CT molecular complexity index is 1090. The van der Waals surface area contributed by atoms with Gasteiger partial charge in [-0.05, 0) is 60.6 Å². The average Bonchev–Trinajstić information content (AvgIpc) is 2.98. The van der Waals surface area contributed by atoms with E-state index in [2.05, 4.69) is 22.8 Å². The van der Waals surface area contributed by atoms with Crippen LogP contribution in [0.4, 0.5) is 0 Å². The van der Waals surface area contributed by atoms with Gasteiger partial charge >= 0.3 is 0 Å². The topological polar surface area (TPSA) is 134 Å². The number of amidine groups is 1. The minimum absolute atomic E-state index is 0.0151. The number of amides is 2. The highest BCUT2D eigenvalue weighted by Crippen LogP contribution is 2.33. The van der Waals surface area contributed by atoms with E-state index in [0.717, 1.165) is 68.1 Å². The first-order valence-electron chi connectivity index (χ1n) is 14.7. The molecule has 0 aromatic heterocycles. The van der Waals surface area contributed by atoms with E-state index in [9.17, 15) is 9.59 Å². The number of benzene rings is 2. The minimum Gasteiger partial charge on any atom is -0.384 e. The molecule has 210 valence electrons. The Morgan fingerprint density at radius 1 is 0.769 bits per heavy atom. The molecule has 2 aromatic carbocycles. The summed E-state index contributed by atoms with van der Waals surface area (Å²) >= 11 is 0. The molecule has 4 rings (SSSR count). The third kappa shape index (κ3) is 8.15. The van der Waals surface area contributed by atoms with Gasteiger partial charge in [-0.3, -0.25) is 15.0 Å². The van der Waals surface area contributed by atoms with Crippen molar-refractivity contribution in [2.45, 2.75) is 89.8 Å². The number of nitrogens with two attached hydrogens (primary N) is 2. The summed E-state index contributed by atoms with van der Waals surface area (Å²) in [5.74, 6) is 0.267. The number of rotatable bonds is 11. The maximum absolute atomic E-state index is 14.0. The first kappa shape index (κ1) is 28.8. The molecule has 1 unspecified atom stereocenters. The average molecular weight is 532 g/mol. The molecule has 7 N–H and O–H groups in total. The Hall–Kier alpha value is -3.19. The van der Waals surface area contributed by atoms with Crippen LogP contribution in [0.3, 0.4) is 0 Å². The molecule has 0 aliphatic heterocycles. The van der Waals surface area contributed by atoms with Gasteiger partial charge in [0.05, 0.1) is 0 Å². The van der Waals surface area contributed by atoms with Gasteiger partial charge in [0.25, 0.3) is 0 Å². The maximum Gasteiger partial charge on any atom is 0.243 e. The van der Waals surface area contributed by atoms with Crippen molar-refractivity contribution >= 4 is 17.6 Å². The number of carbonyl (C=O) groups excluding carboxylic acids is 2.